The fourth-order valence-electron chi connectivity index (χ4n) is 4.24. The molecule has 0 radical (unpaired) electrons. The molecule has 3 aromatic rings. The first-order valence-corrected chi connectivity index (χ1v) is 11.5. The number of carbonyl (C=O) groups excluding carboxylic acids is 1. The van der Waals surface area contributed by atoms with Crippen LogP contribution in [0.15, 0.2) is 36.4 Å². The zero-order valence-electron chi connectivity index (χ0n) is 19.9. The molecular weight excluding hydrogens is 418 g/mol. The molecule has 8 nitrogen and oxygen atoms in total. The summed E-state index contributed by atoms with van der Waals surface area (Å²) in [7, 11) is 5.30. The molecule has 1 N–H and O–H groups in total. The van der Waals surface area contributed by atoms with Crippen LogP contribution in [0.25, 0.3) is 11.0 Å². The van der Waals surface area contributed by atoms with E-state index in [0.29, 0.717) is 17.1 Å². The number of piperazine rings is 1. The SMILES string of the molecule is CCCn1c(CN2CCN(C)CC2)nc2cc(NC(=O)c3ccc(OC)c(OC)c3)ccc21. The van der Waals surface area contributed by atoms with Crippen molar-refractivity contribution in [3.05, 3.63) is 47.8 Å². The molecule has 1 aliphatic heterocycles. The molecule has 1 aliphatic rings. The van der Waals surface area contributed by atoms with E-state index >= 15 is 0 Å². The fraction of sp³-hybridized carbons (Fsp3) is 0.440. The van der Waals surface area contributed by atoms with E-state index in [9.17, 15) is 4.79 Å². The van der Waals surface area contributed by atoms with Crippen molar-refractivity contribution >= 4 is 22.6 Å². The lowest BCUT2D eigenvalue weighted by molar-refractivity contribution is 0.102. The van der Waals surface area contributed by atoms with Crippen LogP contribution in [0.4, 0.5) is 5.69 Å². The molecular formula is C25H33N5O3. The number of methoxy groups -OCH3 is 2. The third-order valence-corrected chi connectivity index (χ3v) is 6.14. The Balaban J connectivity index is 1.55. The number of fused-ring (bicyclic) bond motifs is 1. The molecule has 1 fully saturated rings. The number of imidazole rings is 1. The van der Waals surface area contributed by atoms with Gasteiger partial charge in [0.2, 0.25) is 0 Å². The van der Waals surface area contributed by atoms with Gasteiger partial charge >= 0.3 is 0 Å². The maximum Gasteiger partial charge on any atom is 0.255 e. The maximum atomic E-state index is 12.8. The summed E-state index contributed by atoms with van der Waals surface area (Å²) < 4.78 is 12.9. The molecule has 0 unspecified atom stereocenters. The van der Waals surface area contributed by atoms with E-state index in [1.165, 1.54) is 0 Å². The van der Waals surface area contributed by atoms with E-state index in [4.69, 9.17) is 14.5 Å². The number of ether oxygens (including phenoxy) is 2. The van der Waals surface area contributed by atoms with Crippen molar-refractivity contribution in [2.24, 2.45) is 0 Å². The van der Waals surface area contributed by atoms with Crippen molar-refractivity contribution in [3.63, 3.8) is 0 Å². The molecule has 176 valence electrons. The molecule has 4 rings (SSSR count). The lowest BCUT2D eigenvalue weighted by Crippen LogP contribution is -2.44. The number of aryl methyl sites for hydroxylation is 1. The van der Waals surface area contributed by atoms with Gasteiger partial charge in [-0.2, -0.15) is 0 Å². The highest BCUT2D eigenvalue weighted by Gasteiger charge is 2.19. The number of likely N-dealkylation sites (N-methyl/N-ethyl adjacent to an activating group) is 1. The Bertz CT molecular complexity index is 1120. The van der Waals surface area contributed by atoms with E-state index in [1.807, 2.05) is 12.1 Å². The summed E-state index contributed by atoms with van der Waals surface area (Å²) >= 11 is 0. The molecule has 0 saturated carbocycles. The van der Waals surface area contributed by atoms with Gasteiger partial charge < -0.3 is 24.3 Å². The number of nitrogens with one attached hydrogen (secondary N) is 1. The molecule has 33 heavy (non-hydrogen) atoms. The number of rotatable bonds is 8. The van der Waals surface area contributed by atoms with E-state index in [2.05, 4.69) is 39.7 Å². The number of hydrogen-bond donors (Lipinski definition) is 1. The van der Waals surface area contributed by atoms with Crippen LogP contribution in [0.5, 0.6) is 11.5 Å². The van der Waals surface area contributed by atoms with Crippen LogP contribution in [-0.4, -0.2) is 72.7 Å². The Kier molecular flexibility index (Phi) is 7.15. The first kappa shape index (κ1) is 23.1. The molecule has 1 amide bonds. The van der Waals surface area contributed by atoms with Crippen LogP contribution in [0.1, 0.15) is 29.5 Å². The summed E-state index contributed by atoms with van der Waals surface area (Å²) in [5.74, 6) is 1.98. The number of anilines is 1. The second-order valence-corrected chi connectivity index (χ2v) is 8.49. The Morgan fingerprint density at radius 2 is 1.79 bits per heavy atom. The largest absolute Gasteiger partial charge is 0.493 e. The van der Waals surface area contributed by atoms with Gasteiger partial charge in [-0.25, -0.2) is 4.98 Å². The summed E-state index contributed by atoms with van der Waals surface area (Å²) in [4.78, 5) is 22.6. The average Bonchev–Trinajstić information content (AvgIpc) is 3.16. The van der Waals surface area contributed by atoms with Crippen molar-refractivity contribution in [2.45, 2.75) is 26.4 Å². The number of nitrogens with zero attached hydrogens (tertiary/aromatic N) is 4. The minimum atomic E-state index is -0.207. The first-order chi connectivity index (χ1) is 16.0. The zero-order valence-corrected chi connectivity index (χ0v) is 19.9. The molecule has 0 bridgehead atoms. The Morgan fingerprint density at radius 1 is 1.03 bits per heavy atom. The fourth-order valence-corrected chi connectivity index (χ4v) is 4.24. The first-order valence-electron chi connectivity index (χ1n) is 11.5. The highest BCUT2D eigenvalue weighted by atomic mass is 16.5. The van der Waals surface area contributed by atoms with Gasteiger partial charge in [0.1, 0.15) is 5.82 Å². The van der Waals surface area contributed by atoms with E-state index in [-0.39, 0.29) is 5.91 Å². The molecule has 2 aromatic carbocycles. The zero-order chi connectivity index (χ0) is 23.4. The van der Waals surface area contributed by atoms with Gasteiger partial charge in [-0.1, -0.05) is 6.92 Å². The number of amides is 1. The quantitative estimate of drug-likeness (QED) is 0.566. The smallest absolute Gasteiger partial charge is 0.255 e. The summed E-state index contributed by atoms with van der Waals surface area (Å²) in [6.45, 7) is 8.23. The minimum Gasteiger partial charge on any atom is -0.493 e. The van der Waals surface area contributed by atoms with Crippen LogP contribution in [0, 0.1) is 0 Å². The van der Waals surface area contributed by atoms with Gasteiger partial charge in [-0.3, -0.25) is 9.69 Å². The van der Waals surface area contributed by atoms with Crippen LogP contribution >= 0.6 is 0 Å². The molecule has 8 heteroatoms. The van der Waals surface area contributed by atoms with E-state index in [0.717, 1.165) is 68.2 Å². The van der Waals surface area contributed by atoms with Crippen molar-refractivity contribution < 1.29 is 14.3 Å². The van der Waals surface area contributed by atoms with Gasteiger partial charge in [-0.15, -0.1) is 0 Å². The Morgan fingerprint density at radius 3 is 2.48 bits per heavy atom. The van der Waals surface area contributed by atoms with Crippen LogP contribution < -0.4 is 14.8 Å². The third kappa shape index (κ3) is 5.12. The number of benzene rings is 2. The predicted molar refractivity (Wildman–Crippen MR) is 130 cm³/mol. The van der Waals surface area contributed by atoms with Crippen molar-refractivity contribution in [1.82, 2.24) is 19.4 Å². The number of hydrogen-bond acceptors (Lipinski definition) is 6. The molecule has 1 saturated heterocycles. The van der Waals surface area contributed by atoms with E-state index in [1.54, 1.807) is 32.4 Å². The topological polar surface area (TPSA) is 71.9 Å². The van der Waals surface area contributed by atoms with E-state index < -0.39 is 0 Å². The van der Waals surface area contributed by atoms with Crippen molar-refractivity contribution in [2.75, 3.05) is 52.8 Å². The third-order valence-electron chi connectivity index (χ3n) is 6.14. The standard InChI is InChI=1S/C25H33N5O3/c1-5-10-30-21-8-7-19(26-25(31)18-6-9-22(32-3)23(15-18)33-4)16-20(21)27-24(30)17-29-13-11-28(2)12-14-29/h6-9,15-16H,5,10-14,17H2,1-4H3,(H,26,31). The van der Waals surface area contributed by atoms with Crippen molar-refractivity contribution in [1.29, 1.82) is 0 Å². The summed E-state index contributed by atoms with van der Waals surface area (Å²) in [5, 5.41) is 2.99. The summed E-state index contributed by atoms with van der Waals surface area (Å²) in [6.07, 6.45) is 1.04. The van der Waals surface area contributed by atoms with Gasteiger partial charge in [0.15, 0.2) is 11.5 Å². The monoisotopic (exact) mass is 451 g/mol. The Labute approximate surface area is 195 Å². The van der Waals surface area contributed by atoms with Gasteiger partial charge in [0, 0.05) is 44.0 Å². The lowest BCUT2D eigenvalue weighted by Gasteiger charge is -2.32. The molecule has 0 aliphatic carbocycles. The van der Waals surface area contributed by atoms with Crippen LogP contribution in [0.2, 0.25) is 0 Å². The highest BCUT2D eigenvalue weighted by Crippen LogP contribution is 2.28. The number of aromatic nitrogens is 2. The van der Waals surface area contributed by atoms with Gasteiger partial charge in [-0.05, 0) is 49.9 Å². The normalized spacial score (nSPS) is 15.0. The molecule has 0 atom stereocenters. The second-order valence-electron chi connectivity index (χ2n) is 8.49. The van der Waals surface area contributed by atoms with Crippen molar-refractivity contribution in [3.8, 4) is 11.5 Å². The average molecular weight is 452 g/mol. The molecule has 0 spiro atoms. The summed E-state index contributed by atoms with van der Waals surface area (Å²) in [5.41, 5.74) is 3.22. The highest BCUT2D eigenvalue weighted by molar-refractivity contribution is 6.05. The van der Waals surface area contributed by atoms with Gasteiger partial charge in [0.05, 0.1) is 31.8 Å². The lowest BCUT2D eigenvalue weighted by atomic mass is 10.1. The van der Waals surface area contributed by atoms with Gasteiger partial charge in [0.25, 0.3) is 5.91 Å². The Hall–Kier alpha value is -3.10. The molecule has 2 heterocycles. The van der Waals surface area contributed by atoms with Crippen LogP contribution in [0.3, 0.4) is 0 Å². The summed E-state index contributed by atoms with van der Waals surface area (Å²) in [6, 6.07) is 11.1. The number of carbonyl (C=O) groups is 1. The maximum absolute atomic E-state index is 12.8. The predicted octanol–water partition coefficient (Wildman–Crippen LogP) is 3.46. The second kappa shape index (κ2) is 10.2. The molecule has 1 aromatic heterocycles. The van der Waals surface area contributed by atoms with Crippen LogP contribution in [-0.2, 0) is 13.1 Å². The minimum absolute atomic E-state index is 0.207.